The van der Waals surface area contributed by atoms with Crippen LogP contribution < -0.4 is 25.8 Å². The number of rotatable bonds is 3. The van der Waals surface area contributed by atoms with Crippen LogP contribution in [-0.2, 0) is 4.79 Å². The van der Waals surface area contributed by atoms with Crippen LogP contribution in [0.5, 0.6) is 23.0 Å². The Morgan fingerprint density at radius 2 is 1.74 bits per heavy atom. The molecule has 31 heavy (non-hydrogen) atoms. The topological polar surface area (TPSA) is 80.0 Å². The number of hydrogen-bond acceptors (Lipinski definition) is 6. The summed E-state index contributed by atoms with van der Waals surface area (Å²) in [6.45, 7) is 0.217. The van der Waals surface area contributed by atoms with Crippen LogP contribution in [0.3, 0.4) is 0 Å². The molecule has 3 aromatic carbocycles. The van der Waals surface area contributed by atoms with Gasteiger partial charge in [-0.25, -0.2) is 0 Å². The number of methoxy groups -OCH3 is 1. The van der Waals surface area contributed by atoms with Crippen molar-refractivity contribution in [1.82, 2.24) is 0 Å². The van der Waals surface area contributed by atoms with E-state index in [0.717, 1.165) is 22.4 Å². The summed E-state index contributed by atoms with van der Waals surface area (Å²) in [7, 11) is 1.61. The molecule has 0 saturated carbocycles. The van der Waals surface area contributed by atoms with E-state index in [1.54, 1.807) is 13.2 Å². The Balaban J connectivity index is 1.55. The summed E-state index contributed by atoms with van der Waals surface area (Å²) in [4.78, 5) is 13.3. The molecule has 0 bridgehead atoms. The van der Waals surface area contributed by atoms with Crippen LogP contribution in [-0.4, -0.2) is 43.7 Å². The molecule has 0 aromatic heterocycles. The molecule has 3 atom stereocenters. The van der Waals surface area contributed by atoms with E-state index < -0.39 is 23.9 Å². The molecule has 6 rings (SSSR count). The Morgan fingerprint density at radius 1 is 0.903 bits per heavy atom. The summed E-state index contributed by atoms with van der Waals surface area (Å²) in [6, 6.07) is 18.1. The van der Waals surface area contributed by atoms with E-state index in [0.29, 0.717) is 17.2 Å². The Kier molecular flexibility index (Phi) is 4.45. The van der Waals surface area contributed by atoms with Gasteiger partial charge in [0.05, 0.1) is 0 Å². The first-order chi connectivity index (χ1) is 15.2. The van der Waals surface area contributed by atoms with Crippen molar-refractivity contribution in [1.29, 1.82) is 0 Å². The molecule has 3 aromatic rings. The molecule has 3 aliphatic rings. The van der Waals surface area contributed by atoms with Gasteiger partial charge in [-0.3, -0.25) is 0 Å². The van der Waals surface area contributed by atoms with Crippen LogP contribution in [0.4, 0.5) is 0 Å². The first kappa shape index (κ1) is 19.1. The monoisotopic (exact) mass is 610 g/mol. The number of benzene rings is 3. The zero-order chi connectivity index (χ0) is 21.1. The van der Waals surface area contributed by atoms with Crippen molar-refractivity contribution < 1.29 is 23.7 Å². The molecule has 0 radical (unpaired) electrons. The van der Waals surface area contributed by atoms with E-state index in [1.165, 1.54) is 8.79 Å². The van der Waals surface area contributed by atoms with Gasteiger partial charge in [0.15, 0.2) is 0 Å². The molecular weight excluding hydrogens is 591 g/mol. The molecule has 2 aliphatic heterocycles. The third kappa shape index (κ3) is 2.87. The van der Waals surface area contributed by atoms with E-state index >= 15 is 0 Å². The first-order valence-corrected chi connectivity index (χ1v) is 13.4. The van der Waals surface area contributed by atoms with Crippen molar-refractivity contribution in [3.05, 3.63) is 76.9 Å². The molecule has 6 nitrogen and oxygen atoms in total. The number of carbonyl (C=O) groups excluding carboxylic acids is 1. The van der Waals surface area contributed by atoms with E-state index in [1.807, 2.05) is 30.3 Å². The fraction of sp³-hybridized carbons (Fsp3) is 0.208. The predicted molar refractivity (Wildman–Crippen MR) is 114 cm³/mol. The average molecular weight is 610 g/mol. The zero-order valence-electron chi connectivity index (χ0n) is 16.7. The average Bonchev–Trinajstić information content (AvgIpc) is 3.40. The van der Waals surface area contributed by atoms with Gasteiger partial charge in [-0.1, -0.05) is 0 Å². The summed E-state index contributed by atoms with van der Waals surface area (Å²) in [5.74, 6) is 1.89. The van der Waals surface area contributed by atoms with E-state index in [9.17, 15) is 4.79 Å². The van der Waals surface area contributed by atoms with E-state index in [2.05, 4.69) is 18.2 Å². The molecule has 0 fully saturated rings. The summed E-state index contributed by atoms with van der Waals surface area (Å²) < 4.78 is 29.6. The van der Waals surface area contributed by atoms with E-state index in [-0.39, 0.29) is 30.5 Å². The van der Waals surface area contributed by atoms with Gasteiger partial charge in [0, 0.05) is 0 Å². The van der Waals surface area contributed by atoms with Crippen molar-refractivity contribution in [3.8, 4) is 23.0 Å². The standard InChI is InChI=1S/C24H17O5.H2N.Po/c1-26-14-7-8-17-19(11-14)29-24(25)23-21(15-4-2-3-5-16(15)22(17)23)13-6-9-18-20(10-13)28-12-27-18;;/h2,4-11,21-23H,12H2,1H3;1H2;/q;-1;+1/t21-,22-,23?;;/m0../s1. The fourth-order valence-electron chi connectivity index (χ4n) is 5.05. The first-order valence-electron chi connectivity index (χ1n) is 9.97. The zero-order valence-corrected chi connectivity index (χ0v) is 19.8. The van der Waals surface area contributed by atoms with Crippen LogP contribution in [0.25, 0.3) is 0 Å². The number of nitrogens with two attached hydrogens (primary N) is 1. The van der Waals surface area contributed by atoms with Crippen LogP contribution in [0.15, 0.2) is 54.6 Å². The van der Waals surface area contributed by atoms with Crippen LogP contribution in [0.2, 0.25) is 0 Å². The molecule has 1 unspecified atom stereocenters. The summed E-state index contributed by atoms with van der Waals surface area (Å²) in [6.07, 6.45) is 0. The summed E-state index contributed by atoms with van der Waals surface area (Å²) in [5.41, 5.74) is 4.34. The number of esters is 1. The van der Waals surface area contributed by atoms with Crippen molar-refractivity contribution >= 4 is 33.1 Å². The molecule has 156 valence electrons. The molecule has 1 aliphatic carbocycles. The van der Waals surface area contributed by atoms with Crippen molar-refractivity contribution in [3.63, 3.8) is 0 Å². The third-order valence-electron chi connectivity index (χ3n) is 6.38. The number of hydrogen-bond donors (Lipinski definition) is 1. The van der Waals surface area contributed by atoms with Gasteiger partial charge >= 0.3 is 192 Å². The molecular formula is C24H19NO5Po. The van der Waals surface area contributed by atoms with Gasteiger partial charge in [-0.2, -0.15) is 0 Å². The molecule has 7 heteroatoms. The molecule has 0 amide bonds. The Hall–Kier alpha value is -2.61. The second-order valence-corrected chi connectivity index (χ2v) is 10.6. The SMILES string of the molecule is COc1ccc2c(c1)OC(=O)C1[C@H]2c2c[c]([Po][NH2])ccc2[C@@H]1c1ccc2c(c1)OCO2. The van der Waals surface area contributed by atoms with Crippen molar-refractivity contribution in [2.45, 2.75) is 11.8 Å². The Morgan fingerprint density at radius 3 is 2.58 bits per heavy atom. The Labute approximate surface area is 191 Å². The van der Waals surface area contributed by atoms with Gasteiger partial charge < -0.3 is 0 Å². The van der Waals surface area contributed by atoms with Crippen LogP contribution in [0.1, 0.15) is 34.1 Å². The van der Waals surface area contributed by atoms with Crippen LogP contribution in [0, 0.1) is 5.92 Å². The second kappa shape index (κ2) is 7.22. The van der Waals surface area contributed by atoms with Crippen LogP contribution >= 0.6 is 0 Å². The summed E-state index contributed by atoms with van der Waals surface area (Å²) in [5, 5.41) is 0. The fourth-order valence-corrected chi connectivity index (χ4v) is 6.38. The number of ether oxygens (including phenoxy) is 4. The molecule has 2 N–H and O–H groups in total. The van der Waals surface area contributed by atoms with Gasteiger partial charge in [0.1, 0.15) is 0 Å². The van der Waals surface area contributed by atoms with E-state index in [4.69, 9.17) is 22.6 Å². The predicted octanol–water partition coefficient (Wildman–Crippen LogP) is 2.44. The maximum absolute atomic E-state index is 13.3. The van der Waals surface area contributed by atoms with Gasteiger partial charge in [0.25, 0.3) is 0 Å². The number of fused-ring (bicyclic) bond motifs is 6. The van der Waals surface area contributed by atoms with Crippen molar-refractivity contribution in [2.75, 3.05) is 13.9 Å². The maximum atomic E-state index is 13.3. The minimum absolute atomic E-state index is 0.0853. The minimum atomic E-state index is -1.07. The number of carbonyl (C=O) groups is 1. The molecule has 2 heterocycles. The molecule has 0 spiro atoms. The van der Waals surface area contributed by atoms with Crippen molar-refractivity contribution in [2.24, 2.45) is 9.55 Å². The third-order valence-corrected chi connectivity index (χ3v) is 8.42. The normalized spacial score (nSPS) is 22.4. The second-order valence-electron chi connectivity index (χ2n) is 7.83. The van der Waals surface area contributed by atoms with Gasteiger partial charge in [-0.15, -0.1) is 0 Å². The Bertz CT molecular complexity index is 1230. The summed E-state index contributed by atoms with van der Waals surface area (Å²) >= 11 is -1.07. The quantitative estimate of drug-likeness (QED) is 0.363. The molecule has 0 saturated heterocycles. The van der Waals surface area contributed by atoms with Gasteiger partial charge in [-0.05, 0) is 0 Å². The van der Waals surface area contributed by atoms with Gasteiger partial charge in [0.2, 0.25) is 0 Å².